The van der Waals surface area contributed by atoms with E-state index in [0.29, 0.717) is 10.8 Å². The molecule has 0 bridgehead atoms. The number of esters is 1. The van der Waals surface area contributed by atoms with E-state index in [9.17, 15) is 26.4 Å². The van der Waals surface area contributed by atoms with Crippen LogP contribution in [-0.4, -0.2) is 33.2 Å². The first-order valence-electron chi connectivity index (χ1n) is 8.57. The van der Waals surface area contributed by atoms with Gasteiger partial charge in [-0.3, -0.25) is 4.99 Å². The van der Waals surface area contributed by atoms with E-state index in [1.165, 1.54) is 12.5 Å². The maximum atomic E-state index is 12.1. The van der Waals surface area contributed by atoms with E-state index >= 15 is 0 Å². The fraction of sp³-hybridized carbons (Fsp3) is 0.368. The lowest BCUT2D eigenvalue weighted by Gasteiger charge is -2.08. The van der Waals surface area contributed by atoms with E-state index in [2.05, 4.69) is 40.7 Å². The van der Waals surface area contributed by atoms with Gasteiger partial charge in [0.25, 0.3) is 0 Å². The van der Waals surface area contributed by atoms with Gasteiger partial charge in [0.2, 0.25) is 0 Å². The number of methoxy groups -OCH3 is 1. The summed E-state index contributed by atoms with van der Waals surface area (Å²) in [5.41, 5.74) is -3.25. The molecule has 0 radical (unpaired) electrons. The Balaban J connectivity index is 0.000000325. The number of alkyl halides is 3. The highest BCUT2D eigenvalue weighted by atomic mass is 32.2. The molecular weight excluding hydrogens is 443 g/mol. The molecule has 0 amide bonds. The first-order chi connectivity index (χ1) is 13.8. The average molecular weight is 466 g/mol. The van der Waals surface area contributed by atoms with E-state index in [-0.39, 0.29) is 4.88 Å². The van der Waals surface area contributed by atoms with Gasteiger partial charge in [-0.15, -0.1) is 11.3 Å². The molecule has 0 aliphatic carbocycles. The number of para-hydroxylation sites is 1. The Kier molecular flexibility index (Phi) is 9.04. The molecule has 1 heterocycles. The summed E-state index contributed by atoms with van der Waals surface area (Å²) in [6.45, 7) is 7.81. The molecule has 30 heavy (non-hydrogen) atoms. The van der Waals surface area contributed by atoms with Crippen LogP contribution in [0.15, 0.2) is 35.3 Å². The minimum atomic E-state index is -5.80. The Bertz CT molecular complexity index is 996. The summed E-state index contributed by atoms with van der Waals surface area (Å²) in [6, 6.07) is 9.17. The van der Waals surface area contributed by atoms with Gasteiger partial charge in [0.1, 0.15) is 0 Å². The Labute approximate surface area is 177 Å². The molecule has 166 valence electrons. The summed E-state index contributed by atoms with van der Waals surface area (Å²) in [6.07, 6.45) is 1.97. The predicted octanol–water partition coefficient (Wildman–Crippen LogP) is 5.42. The van der Waals surface area contributed by atoms with Crippen LogP contribution in [0.2, 0.25) is 0 Å². The van der Waals surface area contributed by atoms with Crippen molar-refractivity contribution in [1.82, 2.24) is 0 Å². The second-order valence-corrected chi connectivity index (χ2v) is 9.13. The van der Waals surface area contributed by atoms with Gasteiger partial charge in [-0.25, -0.2) is 4.79 Å². The molecular formula is C19H22F3NO5S2. The number of benzene rings is 1. The molecule has 11 heteroatoms. The third-order valence-corrected chi connectivity index (χ3v) is 5.28. The minimum Gasteiger partial charge on any atom is -0.465 e. The van der Waals surface area contributed by atoms with Crippen molar-refractivity contribution < 1.29 is 35.3 Å². The van der Waals surface area contributed by atoms with Crippen LogP contribution in [-0.2, 0) is 14.9 Å². The summed E-state index contributed by atoms with van der Waals surface area (Å²) < 4.78 is 66.1. The number of carbonyl (C=O) groups excluding carboxylic acids is 1. The second-order valence-electron chi connectivity index (χ2n) is 6.33. The van der Waals surface area contributed by atoms with Crippen LogP contribution >= 0.6 is 11.3 Å². The molecule has 0 spiro atoms. The van der Waals surface area contributed by atoms with Gasteiger partial charge < -0.3 is 8.92 Å². The molecule has 0 saturated carbocycles. The number of ether oxygens (including phenoxy) is 1. The molecule has 0 unspecified atom stereocenters. The maximum absolute atomic E-state index is 12.1. The van der Waals surface area contributed by atoms with Gasteiger partial charge in [-0.2, -0.15) is 21.6 Å². The van der Waals surface area contributed by atoms with Crippen molar-refractivity contribution in [2.75, 3.05) is 7.11 Å². The number of nitrogens with zero attached hydrogens (tertiary/aromatic N) is 1. The number of hydrogen-bond donors (Lipinski definition) is 0. The first kappa shape index (κ1) is 25.6. The molecule has 0 N–H and O–H groups in total. The largest absolute Gasteiger partial charge is 0.534 e. The summed E-state index contributed by atoms with van der Waals surface area (Å²) in [5.74, 6) is -1.15. The van der Waals surface area contributed by atoms with Crippen molar-refractivity contribution in [3.05, 3.63) is 45.6 Å². The third kappa shape index (κ3) is 7.45. The van der Waals surface area contributed by atoms with Crippen LogP contribution in [0.25, 0.3) is 0 Å². The number of carbonyl (C=O) groups is 1. The van der Waals surface area contributed by atoms with E-state index < -0.39 is 27.3 Å². The molecule has 1 aromatic carbocycles. The van der Waals surface area contributed by atoms with Gasteiger partial charge in [0.15, 0.2) is 10.6 Å². The normalized spacial score (nSPS) is 11.9. The number of rotatable bonds is 5. The van der Waals surface area contributed by atoms with Gasteiger partial charge in [0.05, 0.1) is 12.8 Å². The molecule has 2 rings (SSSR count). The Morgan fingerprint density at radius 3 is 2.30 bits per heavy atom. The number of aliphatic imine (C=N–C) groups is 1. The van der Waals surface area contributed by atoms with Crippen molar-refractivity contribution in [2.24, 2.45) is 10.9 Å². The van der Waals surface area contributed by atoms with Crippen molar-refractivity contribution in [3.8, 4) is 5.75 Å². The highest BCUT2D eigenvalue weighted by Crippen LogP contribution is 2.34. The average Bonchev–Trinajstić information content (AvgIpc) is 2.99. The smallest absolute Gasteiger partial charge is 0.465 e. The Morgan fingerprint density at radius 2 is 1.80 bits per heavy atom. The van der Waals surface area contributed by atoms with E-state index in [0.717, 1.165) is 30.2 Å². The summed E-state index contributed by atoms with van der Waals surface area (Å²) in [5, 5.41) is 0. The molecule has 0 saturated heterocycles. The van der Waals surface area contributed by atoms with Crippen LogP contribution in [0, 0.1) is 19.8 Å². The molecule has 0 aliphatic heterocycles. The fourth-order valence-corrected chi connectivity index (χ4v) is 3.26. The zero-order chi connectivity index (χ0) is 23.1. The van der Waals surface area contributed by atoms with Crippen molar-refractivity contribution in [1.29, 1.82) is 0 Å². The fourth-order valence-electron chi connectivity index (χ4n) is 1.89. The summed E-state index contributed by atoms with van der Waals surface area (Å²) in [7, 11) is -4.79. The minimum absolute atomic E-state index is 0.345. The molecule has 0 fully saturated rings. The molecule has 1 aromatic heterocycles. The van der Waals surface area contributed by atoms with Gasteiger partial charge in [-0.05, 0) is 37.5 Å². The zero-order valence-electron chi connectivity index (χ0n) is 17.0. The molecule has 6 nitrogen and oxygen atoms in total. The number of aryl methyl sites for hydroxylation is 2. The first-order valence-corrected chi connectivity index (χ1v) is 10.8. The third-order valence-electron chi connectivity index (χ3n) is 3.30. The van der Waals surface area contributed by atoms with Gasteiger partial charge in [0, 0.05) is 11.1 Å². The quantitative estimate of drug-likeness (QED) is 0.255. The van der Waals surface area contributed by atoms with Crippen LogP contribution < -0.4 is 4.18 Å². The Morgan fingerprint density at radius 1 is 1.20 bits per heavy atom. The number of halogens is 3. The monoisotopic (exact) mass is 465 g/mol. The number of hydrogen-bond acceptors (Lipinski definition) is 7. The van der Waals surface area contributed by atoms with Crippen LogP contribution in [0.5, 0.6) is 5.75 Å². The van der Waals surface area contributed by atoms with Crippen LogP contribution in [0.1, 0.15) is 34.0 Å². The molecule has 0 aliphatic rings. The lowest BCUT2D eigenvalue weighted by Crippen LogP contribution is -2.28. The Hall–Kier alpha value is -2.40. The van der Waals surface area contributed by atoms with E-state index in [1.807, 2.05) is 24.4 Å². The van der Waals surface area contributed by atoms with Crippen LogP contribution in [0.3, 0.4) is 0 Å². The van der Waals surface area contributed by atoms with Gasteiger partial charge in [-0.1, -0.05) is 32.0 Å². The van der Waals surface area contributed by atoms with Crippen molar-refractivity contribution in [3.63, 3.8) is 0 Å². The second kappa shape index (κ2) is 10.6. The lowest BCUT2D eigenvalue weighted by molar-refractivity contribution is -0.0500. The van der Waals surface area contributed by atoms with E-state index in [4.69, 9.17) is 0 Å². The SMILES string of the molecule is COC(=O)c1sc(C)cc1OS(=O)(=O)C(F)(F)F.Cc1ccccc1N=CC(C)C. The van der Waals surface area contributed by atoms with Crippen LogP contribution in [0.4, 0.5) is 18.9 Å². The predicted molar refractivity (Wildman–Crippen MR) is 110 cm³/mol. The topological polar surface area (TPSA) is 82.0 Å². The van der Waals surface area contributed by atoms with Gasteiger partial charge >= 0.3 is 21.6 Å². The lowest BCUT2D eigenvalue weighted by atomic mass is 10.2. The summed E-state index contributed by atoms with van der Waals surface area (Å²) in [4.78, 5) is 15.7. The standard InChI is InChI=1S/C11H15N.C8H7F3O5S2/c1-9(2)8-12-11-7-5-4-6-10(11)3;1-4-3-5(6(17-4)7(12)15-2)16-18(13,14)8(9,10)11/h4-9H,1-3H3;3H,1-2H3. The van der Waals surface area contributed by atoms with E-state index in [1.54, 1.807) is 0 Å². The number of thiophene rings is 1. The maximum Gasteiger partial charge on any atom is 0.534 e. The summed E-state index contributed by atoms with van der Waals surface area (Å²) >= 11 is 0.767. The highest BCUT2D eigenvalue weighted by Gasteiger charge is 2.49. The highest BCUT2D eigenvalue weighted by molar-refractivity contribution is 7.88. The zero-order valence-corrected chi connectivity index (χ0v) is 18.6. The molecule has 2 aromatic rings. The molecule has 0 atom stereocenters. The van der Waals surface area contributed by atoms with Crippen molar-refractivity contribution in [2.45, 2.75) is 33.2 Å². The van der Waals surface area contributed by atoms with Crippen molar-refractivity contribution >= 4 is 39.3 Å².